The Hall–Kier alpha value is -2.27. The van der Waals surface area contributed by atoms with Crippen LogP contribution in [0.25, 0.3) is 5.69 Å². The van der Waals surface area contributed by atoms with E-state index in [1.54, 1.807) is 17.0 Å². The highest BCUT2D eigenvalue weighted by Gasteiger charge is 2.54. The average Bonchev–Trinajstić information content (AvgIpc) is 3.24. The van der Waals surface area contributed by atoms with Crippen LogP contribution >= 0.6 is 47.3 Å². The van der Waals surface area contributed by atoms with Crippen LogP contribution in [0.2, 0.25) is 0 Å². The maximum absolute atomic E-state index is 12.8. The van der Waals surface area contributed by atoms with Crippen molar-refractivity contribution in [3.63, 3.8) is 0 Å². The highest BCUT2D eigenvalue weighted by atomic mass is 35.5. The minimum atomic E-state index is -1.13. The van der Waals surface area contributed by atoms with Crippen LogP contribution < -0.4 is 5.32 Å². The second kappa shape index (κ2) is 9.47. The molecule has 2 N–H and O–H groups in total. The Kier molecular flexibility index (Phi) is 6.71. The van der Waals surface area contributed by atoms with Crippen LogP contribution in [0.3, 0.4) is 0 Å². The molecule has 1 fully saturated rings. The lowest BCUT2D eigenvalue weighted by atomic mass is 10.0. The van der Waals surface area contributed by atoms with Crippen LogP contribution in [-0.4, -0.2) is 53.8 Å². The molecule has 7 nitrogen and oxygen atoms in total. The van der Waals surface area contributed by atoms with Crippen molar-refractivity contribution in [2.24, 2.45) is 0 Å². The number of nitrogens with zero attached hydrogens (tertiary/aromatic N) is 3. The molecule has 1 amide bonds. The number of aromatic nitrogens is 2. The molecule has 4 rings (SSSR count). The van der Waals surface area contributed by atoms with E-state index in [1.807, 2.05) is 36.4 Å². The van der Waals surface area contributed by atoms with Crippen LogP contribution in [0.1, 0.15) is 6.42 Å². The molecule has 0 bridgehead atoms. The first-order chi connectivity index (χ1) is 15.0. The minimum absolute atomic E-state index is 0.0178. The first kappa shape index (κ1) is 21.9. The zero-order valence-electron chi connectivity index (χ0n) is 16.0. The number of aliphatic carboxylic acids is 1. The number of fused-ring (bicyclic) bond motifs is 1. The van der Waals surface area contributed by atoms with E-state index < -0.39 is 12.0 Å². The Labute approximate surface area is 197 Å². The molecule has 0 aliphatic carbocycles. The van der Waals surface area contributed by atoms with Crippen molar-refractivity contribution in [2.75, 3.05) is 5.75 Å². The molecule has 0 saturated carbocycles. The lowest BCUT2D eigenvalue weighted by molar-refractivity contribution is -0.148. The SMILES string of the molecule is O=C(O)C1=C(Sc2ccnn2-c2ccccc2)CS[C@H]2[C@H](NC(=S)C/C=C\Cl)C(=O)N12. The topological polar surface area (TPSA) is 87.5 Å². The summed E-state index contributed by atoms with van der Waals surface area (Å²) in [6, 6.07) is 10.9. The summed E-state index contributed by atoms with van der Waals surface area (Å²) in [6.45, 7) is 0. The molecule has 0 radical (unpaired) electrons. The molecule has 31 heavy (non-hydrogen) atoms. The predicted molar refractivity (Wildman–Crippen MR) is 126 cm³/mol. The largest absolute Gasteiger partial charge is 0.477 e. The molecule has 3 heterocycles. The first-order valence-corrected chi connectivity index (χ1v) is 11.9. The standard InChI is InChI=1S/C20H17ClN4O3S3/c21-9-4-7-14(29)23-16-18(26)24-17(20(27)28)13(11-30-19(16)24)31-15-8-10-22-25(15)12-5-2-1-3-6-12/h1-6,8-10,16,19H,7,11H2,(H,23,29)(H,27,28)/b9-4-/t16-,19+/m1/s1. The van der Waals surface area contributed by atoms with Crippen molar-refractivity contribution in [3.05, 3.63) is 64.8 Å². The number of carboxylic acid groups (broad SMARTS) is 1. The fourth-order valence-electron chi connectivity index (χ4n) is 3.31. The number of carbonyl (C=O) groups is 2. The molecule has 11 heteroatoms. The second-order valence-electron chi connectivity index (χ2n) is 6.62. The van der Waals surface area contributed by atoms with Gasteiger partial charge in [-0.25, -0.2) is 9.48 Å². The molecule has 160 valence electrons. The first-order valence-electron chi connectivity index (χ1n) is 9.24. The third kappa shape index (κ3) is 4.38. The molecule has 0 unspecified atom stereocenters. The fraction of sp³-hybridized carbons (Fsp3) is 0.200. The highest BCUT2D eigenvalue weighted by Crippen LogP contribution is 2.45. The van der Waals surface area contributed by atoms with Gasteiger partial charge in [0.15, 0.2) is 0 Å². The van der Waals surface area contributed by atoms with E-state index in [0.29, 0.717) is 22.1 Å². The van der Waals surface area contributed by atoms with Gasteiger partial charge in [-0.3, -0.25) is 9.69 Å². The van der Waals surface area contributed by atoms with Gasteiger partial charge in [0, 0.05) is 22.6 Å². The summed E-state index contributed by atoms with van der Waals surface area (Å²) >= 11 is 13.6. The number of carbonyl (C=O) groups excluding carboxylic acids is 1. The number of halogens is 1. The van der Waals surface area contributed by atoms with Crippen molar-refractivity contribution >= 4 is 64.2 Å². The number of thioether (sulfide) groups is 2. The number of rotatable bonds is 7. The van der Waals surface area contributed by atoms with Crippen molar-refractivity contribution in [2.45, 2.75) is 22.9 Å². The van der Waals surface area contributed by atoms with Gasteiger partial charge in [0.05, 0.1) is 16.9 Å². The zero-order chi connectivity index (χ0) is 22.0. The predicted octanol–water partition coefficient (Wildman–Crippen LogP) is 3.60. The summed E-state index contributed by atoms with van der Waals surface area (Å²) in [7, 11) is 0. The Morgan fingerprint density at radius 1 is 1.39 bits per heavy atom. The van der Waals surface area contributed by atoms with E-state index in [0.717, 1.165) is 10.7 Å². The van der Waals surface area contributed by atoms with Gasteiger partial charge in [-0.2, -0.15) is 5.10 Å². The minimum Gasteiger partial charge on any atom is -0.477 e. The van der Waals surface area contributed by atoms with Gasteiger partial charge in [0.1, 0.15) is 22.1 Å². The van der Waals surface area contributed by atoms with E-state index >= 15 is 0 Å². The number of nitrogens with one attached hydrogen (secondary N) is 1. The monoisotopic (exact) mass is 492 g/mol. The lowest BCUT2D eigenvalue weighted by Gasteiger charge is -2.49. The van der Waals surface area contributed by atoms with Crippen molar-refractivity contribution in [3.8, 4) is 5.69 Å². The Morgan fingerprint density at radius 3 is 2.87 bits per heavy atom. The average molecular weight is 493 g/mol. The van der Waals surface area contributed by atoms with Crippen LogP contribution in [-0.2, 0) is 9.59 Å². The Balaban J connectivity index is 1.57. The molecule has 0 spiro atoms. The molecule has 1 saturated heterocycles. The molecular formula is C20H17ClN4O3S3. The third-order valence-electron chi connectivity index (χ3n) is 4.68. The quantitative estimate of drug-likeness (QED) is 0.448. The van der Waals surface area contributed by atoms with Gasteiger partial charge >= 0.3 is 5.97 Å². The van der Waals surface area contributed by atoms with Crippen LogP contribution in [0.4, 0.5) is 0 Å². The zero-order valence-corrected chi connectivity index (χ0v) is 19.2. The number of thiocarbonyl (C=S) groups is 1. The van der Waals surface area contributed by atoms with Gasteiger partial charge in [0.25, 0.3) is 5.91 Å². The van der Waals surface area contributed by atoms with E-state index in [9.17, 15) is 14.7 Å². The van der Waals surface area contributed by atoms with Crippen molar-refractivity contribution < 1.29 is 14.7 Å². The van der Waals surface area contributed by atoms with E-state index in [4.69, 9.17) is 23.8 Å². The summed E-state index contributed by atoms with van der Waals surface area (Å²) in [5.74, 6) is -0.966. The number of hydrogen-bond donors (Lipinski definition) is 2. The highest BCUT2D eigenvalue weighted by molar-refractivity contribution is 8.06. The number of amides is 1. The van der Waals surface area contributed by atoms with Crippen LogP contribution in [0, 0.1) is 0 Å². The van der Waals surface area contributed by atoms with E-state index in [-0.39, 0.29) is 17.0 Å². The summed E-state index contributed by atoms with van der Waals surface area (Å²) in [5, 5.41) is 17.7. The summed E-state index contributed by atoms with van der Waals surface area (Å²) in [5.41, 5.74) is 2.26. The van der Waals surface area contributed by atoms with Gasteiger partial charge in [0.2, 0.25) is 0 Å². The number of benzene rings is 1. The maximum atomic E-state index is 12.8. The van der Waals surface area contributed by atoms with Gasteiger partial charge in [-0.1, -0.05) is 59.9 Å². The van der Waals surface area contributed by atoms with Crippen LogP contribution in [0.5, 0.6) is 0 Å². The molecule has 2 aromatic rings. The van der Waals surface area contributed by atoms with Gasteiger partial charge in [-0.05, 0) is 18.2 Å². The molecule has 2 aliphatic heterocycles. The maximum Gasteiger partial charge on any atom is 0.353 e. The number of hydrogen-bond acceptors (Lipinski definition) is 6. The van der Waals surface area contributed by atoms with E-state index in [2.05, 4.69) is 10.4 Å². The molecule has 1 aromatic carbocycles. The van der Waals surface area contributed by atoms with Crippen molar-refractivity contribution in [1.82, 2.24) is 20.0 Å². The Bertz CT molecular complexity index is 1090. The lowest BCUT2D eigenvalue weighted by Crippen LogP contribution is -2.70. The third-order valence-corrected chi connectivity index (χ3v) is 7.71. The summed E-state index contributed by atoms with van der Waals surface area (Å²) in [6.07, 6.45) is 3.77. The Morgan fingerprint density at radius 2 is 2.16 bits per heavy atom. The second-order valence-corrected chi connectivity index (χ2v) is 9.58. The summed E-state index contributed by atoms with van der Waals surface area (Å²) < 4.78 is 1.75. The number of carboxylic acids is 1. The van der Waals surface area contributed by atoms with Gasteiger partial charge in [-0.15, -0.1) is 11.8 Å². The number of β-lactam (4-membered cyclic amide) rings is 1. The smallest absolute Gasteiger partial charge is 0.353 e. The number of para-hydroxylation sites is 1. The molecule has 2 aliphatic rings. The molecule has 1 aromatic heterocycles. The molecular weight excluding hydrogens is 476 g/mol. The van der Waals surface area contributed by atoms with Crippen molar-refractivity contribution in [1.29, 1.82) is 0 Å². The van der Waals surface area contributed by atoms with Crippen LogP contribution in [0.15, 0.2) is 69.8 Å². The fourth-order valence-corrected chi connectivity index (χ4v) is 6.16. The van der Waals surface area contributed by atoms with Gasteiger partial charge < -0.3 is 10.4 Å². The normalized spacial score (nSPS) is 20.5. The van der Waals surface area contributed by atoms with E-state index in [1.165, 1.54) is 34.0 Å². The molecule has 2 atom stereocenters. The summed E-state index contributed by atoms with van der Waals surface area (Å²) in [4.78, 5) is 27.3.